The number of benzene rings is 1. The van der Waals surface area contributed by atoms with Crippen LogP contribution in [0.5, 0.6) is 0 Å². The van der Waals surface area contributed by atoms with Crippen LogP contribution in [0, 0.1) is 18.2 Å². The van der Waals surface area contributed by atoms with Crippen molar-refractivity contribution in [1.29, 1.82) is 0 Å². The van der Waals surface area contributed by atoms with Gasteiger partial charge in [0.15, 0.2) is 0 Å². The van der Waals surface area contributed by atoms with Crippen LogP contribution >= 0.6 is 11.6 Å². The predicted octanol–water partition coefficient (Wildman–Crippen LogP) is 2.03. The van der Waals surface area contributed by atoms with Crippen LogP contribution in [0.25, 0.3) is 0 Å². The number of hydrogen-bond donors (Lipinski definition) is 0. The van der Waals surface area contributed by atoms with Gasteiger partial charge in [-0.05, 0) is 17.7 Å². The Balaban J connectivity index is 2.72. The van der Waals surface area contributed by atoms with Gasteiger partial charge in [-0.2, -0.15) is 0 Å². The minimum Gasteiger partial charge on any atom is -0.326 e. The van der Waals surface area contributed by atoms with Gasteiger partial charge in [-0.3, -0.25) is 4.79 Å². The van der Waals surface area contributed by atoms with Gasteiger partial charge in [-0.25, -0.2) is 4.39 Å². The monoisotopic (exact) mass is 239 g/mol. The third kappa shape index (κ3) is 3.56. The summed E-state index contributed by atoms with van der Waals surface area (Å²) in [6, 6.07) is 5.91. The molecule has 4 heteroatoms. The lowest BCUT2D eigenvalue weighted by molar-refractivity contribution is -0.128. The summed E-state index contributed by atoms with van der Waals surface area (Å²) in [5.41, 5.74) is 0.815. The molecule has 1 aromatic rings. The zero-order chi connectivity index (χ0) is 12.0. The van der Waals surface area contributed by atoms with Gasteiger partial charge in [0.2, 0.25) is 5.91 Å². The number of amides is 1. The third-order valence-corrected chi connectivity index (χ3v) is 2.26. The van der Waals surface area contributed by atoms with Gasteiger partial charge in [0.1, 0.15) is 11.7 Å². The van der Waals surface area contributed by atoms with Crippen molar-refractivity contribution in [2.45, 2.75) is 6.54 Å². The van der Waals surface area contributed by atoms with E-state index in [-0.39, 0.29) is 24.1 Å². The molecular weight excluding hydrogens is 229 g/mol. The van der Waals surface area contributed by atoms with E-state index < -0.39 is 0 Å². The van der Waals surface area contributed by atoms with E-state index in [1.807, 2.05) is 0 Å². The number of nitrogens with zero attached hydrogens (tertiary/aromatic N) is 1. The quantitative estimate of drug-likeness (QED) is 0.582. The Morgan fingerprint density at radius 3 is 2.56 bits per heavy atom. The van der Waals surface area contributed by atoms with E-state index in [2.05, 4.69) is 5.92 Å². The lowest BCUT2D eigenvalue weighted by atomic mass is 10.2. The molecule has 0 aromatic heterocycles. The van der Waals surface area contributed by atoms with Crippen LogP contribution in [-0.4, -0.2) is 23.2 Å². The second-order valence-corrected chi connectivity index (χ2v) is 3.48. The summed E-state index contributed by atoms with van der Waals surface area (Å²) < 4.78 is 12.7. The molecule has 0 aliphatic rings. The minimum atomic E-state index is -0.309. The first-order valence-electron chi connectivity index (χ1n) is 4.69. The third-order valence-electron chi connectivity index (χ3n) is 2.04. The molecule has 0 N–H and O–H groups in total. The molecule has 0 atom stereocenters. The zero-order valence-electron chi connectivity index (χ0n) is 8.62. The molecule has 0 saturated heterocycles. The number of terminal acetylenes is 1. The molecule has 0 spiro atoms. The molecule has 2 nitrogen and oxygen atoms in total. The van der Waals surface area contributed by atoms with Crippen molar-refractivity contribution in [1.82, 2.24) is 4.90 Å². The fourth-order valence-electron chi connectivity index (χ4n) is 1.24. The second kappa shape index (κ2) is 6.14. The fourth-order valence-corrected chi connectivity index (χ4v) is 1.41. The van der Waals surface area contributed by atoms with Crippen molar-refractivity contribution in [2.24, 2.45) is 0 Å². The molecule has 84 valence electrons. The first-order valence-corrected chi connectivity index (χ1v) is 5.22. The molecule has 1 amide bonds. The summed E-state index contributed by atoms with van der Waals surface area (Å²) >= 11 is 5.45. The van der Waals surface area contributed by atoms with Crippen LogP contribution in [0.4, 0.5) is 4.39 Å². The average Bonchev–Trinajstić information content (AvgIpc) is 2.30. The molecule has 0 bridgehead atoms. The molecule has 1 rings (SSSR count). The molecule has 0 aliphatic carbocycles. The number of halogens is 2. The maximum absolute atomic E-state index is 12.7. The smallest absolute Gasteiger partial charge is 0.238 e. The zero-order valence-corrected chi connectivity index (χ0v) is 9.38. The minimum absolute atomic E-state index is 0.108. The van der Waals surface area contributed by atoms with E-state index in [1.165, 1.54) is 17.0 Å². The molecular formula is C12H11ClFNO. The number of carbonyl (C=O) groups excluding carboxylic acids is 1. The number of rotatable bonds is 4. The van der Waals surface area contributed by atoms with Crippen LogP contribution in [0.3, 0.4) is 0 Å². The van der Waals surface area contributed by atoms with Gasteiger partial charge in [0.05, 0.1) is 6.54 Å². The van der Waals surface area contributed by atoms with Crippen molar-refractivity contribution >= 4 is 17.5 Å². The number of hydrogen-bond acceptors (Lipinski definition) is 1. The molecule has 16 heavy (non-hydrogen) atoms. The van der Waals surface area contributed by atoms with E-state index in [4.69, 9.17) is 18.0 Å². The molecule has 0 radical (unpaired) electrons. The standard InChI is InChI=1S/C12H11ClFNO/c1-2-7-15(12(16)8-13)9-10-3-5-11(14)6-4-10/h1,3-6H,7-9H2. The van der Waals surface area contributed by atoms with Gasteiger partial charge in [0, 0.05) is 6.54 Å². The molecule has 1 aromatic carbocycles. The van der Waals surface area contributed by atoms with E-state index in [1.54, 1.807) is 12.1 Å². The Morgan fingerprint density at radius 2 is 2.06 bits per heavy atom. The van der Waals surface area contributed by atoms with Crippen molar-refractivity contribution in [3.05, 3.63) is 35.6 Å². The first kappa shape index (κ1) is 12.5. The predicted molar refractivity (Wildman–Crippen MR) is 61.4 cm³/mol. The molecule has 0 heterocycles. The Morgan fingerprint density at radius 1 is 1.44 bits per heavy atom. The van der Waals surface area contributed by atoms with Crippen molar-refractivity contribution in [2.75, 3.05) is 12.4 Å². The van der Waals surface area contributed by atoms with E-state index >= 15 is 0 Å². The Bertz CT molecular complexity index is 396. The fraction of sp³-hybridized carbons (Fsp3) is 0.250. The first-order chi connectivity index (χ1) is 7.67. The number of carbonyl (C=O) groups is 1. The summed E-state index contributed by atoms with van der Waals surface area (Å²) in [7, 11) is 0. The number of alkyl halides is 1. The highest BCUT2D eigenvalue weighted by Crippen LogP contribution is 2.07. The van der Waals surface area contributed by atoms with Crippen LogP contribution in [0.2, 0.25) is 0 Å². The van der Waals surface area contributed by atoms with Gasteiger partial charge in [-0.15, -0.1) is 18.0 Å². The van der Waals surface area contributed by atoms with Crippen LogP contribution in [0.15, 0.2) is 24.3 Å². The summed E-state index contributed by atoms with van der Waals surface area (Å²) in [5.74, 6) is 1.74. The molecule has 0 fully saturated rings. The highest BCUT2D eigenvalue weighted by molar-refractivity contribution is 6.27. The molecule has 0 saturated carbocycles. The molecule has 0 unspecified atom stereocenters. The van der Waals surface area contributed by atoms with Crippen molar-refractivity contribution in [3.8, 4) is 12.3 Å². The maximum Gasteiger partial charge on any atom is 0.238 e. The lowest BCUT2D eigenvalue weighted by Gasteiger charge is -2.19. The Labute approximate surface area is 99.0 Å². The van der Waals surface area contributed by atoms with E-state index in [9.17, 15) is 9.18 Å². The van der Waals surface area contributed by atoms with Crippen LogP contribution < -0.4 is 0 Å². The topological polar surface area (TPSA) is 20.3 Å². The Kier molecular flexibility index (Phi) is 4.81. The summed E-state index contributed by atoms with van der Waals surface area (Å²) in [6.07, 6.45) is 5.15. The van der Waals surface area contributed by atoms with Gasteiger partial charge >= 0.3 is 0 Å². The summed E-state index contributed by atoms with van der Waals surface area (Å²) in [6.45, 7) is 0.541. The van der Waals surface area contributed by atoms with Crippen LogP contribution in [0.1, 0.15) is 5.56 Å². The van der Waals surface area contributed by atoms with Gasteiger partial charge < -0.3 is 4.90 Å². The van der Waals surface area contributed by atoms with Gasteiger partial charge in [-0.1, -0.05) is 18.1 Å². The van der Waals surface area contributed by atoms with Crippen molar-refractivity contribution < 1.29 is 9.18 Å². The highest BCUT2D eigenvalue weighted by atomic mass is 35.5. The van der Waals surface area contributed by atoms with Crippen molar-refractivity contribution in [3.63, 3.8) is 0 Å². The second-order valence-electron chi connectivity index (χ2n) is 3.21. The lowest BCUT2D eigenvalue weighted by Crippen LogP contribution is -2.31. The normalized spacial score (nSPS) is 9.56. The van der Waals surface area contributed by atoms with E-state index in [0.29, 0.717) is 6.54 Å². The highest BCUT2D eigenvalue weighted by Gasteiger charge is 2.11. The largest absolute Gasteiger partial charge is 0.326 e. The maximum atomic E-state index is 12.7. The summed E-state index contributed by atoms with van der Waals surface area (Å²) in [5, 5.41) is 0. The average molecular weight is 240 g/mol. The molecule has 0 aliphatic heterocycles. The SMILES string of the molecule is C#CCN(Cc1ccc(F)cc1)C(=O)CCl. The summed E-state index contributed by atoms with van der Waals surface area (Å²) in [4.78, 5) is 12.8. The Hall–Kier alpha value is -1.53. The van der Waals surface area contributed by atoms with E-state index in [0.717, 1.165) is 5.56 Å². The van der Waals surface area contributed by atoms with Gasteiger partial charge in [0.25, 0.3) is 0 Å². The van der Waals surface area contributed by atoms with Crippen LogP contribution in [-0.2, 0) is 11.3 Å².